The molecule has 0 amide bonds. The van der Waals surface area contributed by atoms with Gasteiger partial charge in [-0.1, -0.05) is 46.3 Å². The number of carbonyl (C=O) groups is 1. The predicted molar refractivity (Wildman–Crippen MR) is 59.3 cm³/mol. The molecule has 1 N–H and O–H groups in total. The van der Waals surface area contributed by atoms with E-state index in [1.807, 2.05) is 20.0 Å². The van der Waals surface area contributed by atoms with E-state index in [2.05, 4.69) is 22.6 Å². The third-order valence-corrected chi connectivity index (χ3v) is 2.46. The molecule has 4 heteroatoms. The van der Waals surface area contributed by atoms with Gasteiger partial charge in [0.1, 0.15) is 7.85 Å². The molecule has 0 saturated carbocycles. The van der Waals surface area contributed by atoms with Crippen LogP contribution in [0, 0.1) is 0 Å². The number of benzene rings is 1. The first kappa shape index (κ1) is 9.57. The Balaban J connectivity index is 3.21. The van der Waals surface area contributed by atoms with Crippen molar-refractivity contribution in [2.45, 2.75) is 4.43 Å². The molecule has 2 nitrogen and oxygen atoms in total. The molecule has 0 radical (unpaired) electrons. The summed E-state index contributed by atoms with van der Waals surface area (Å²) in [5.74, 6) is -0.842. The summed E-state index contributed by atoms with van der Waals surface area (Å²) in [6.45, 7) is 0. The lowest BCUT2D eigenvalue weighted by Crippen LogP contribution is -2.09. The summed E-state index contributed by atoms with van der Waals surface area (Å²) in [4.78, 5) is 10.7. The fourth-order valence-electron chi connectivity index (χ4n) is 1.01. The first-order valence-corrected chi connectivity index (χ1v) is 5.06. The molecule has 0 saturated heterocycles. The maximum atomic E-state index is 10.7. The van der Waals surface area contributed by atoms with E-state index >= 15 is 0 Å². The van der Waals surface area contributed by atoms with Crippen molar-refractivity contribution in [3.8, 4) is 0 Å². The highest BCUT2D eigenvalue weighted by Gasteiger charge is 2.07. The quantitative estimate of drug-likeness (QED) is 0.486. The van der Waals surface area contributed by atoms with E-state index in [1.54, 1.807) is 6.07 Å². The van der Waals surface area contributed by atoms with Crippen LogP contribution < -0.4 is 5.46 Å². The predicted octanol–water partition coefficient (Wildman–Crippen LogP) is 0.578. The van der Waals surface area contributed by atoms with Crippen LogP contribution in [0.2, 0.25) is 0 Å². The molecule has 0 atom stereocenters. The first-order chi connectivity index (χ1) is 5.65. The van der Waals surface area contributed by atoms with Crippen molar-refractivity contribution in [1.82, 2.24) is 0 Å². The zero-order chi connectivity index (χ0) is 9.14. The second-order valence-electron chi connectivity index (χ2n) is 2.60. The number of carboxylic acids is 1. The van der Waals surface area contributed by atoms with Crippen molar-refractivity contribution >= 4 is 41.9 Å². The molecule has 0 fully saturated rings. The molecule has 1 rings (SSSR count). The van der Waals surface area contributed by atoms with Crippen LogP contribution in [0.3, 0.4) is 0 Å². The second-order valence-corrected chi connectivity index (χ2v) is 3.36. The van der Waals surface area contributed by atoms with Gasteiger partial charge in [-0.3, -0.25) is 0 Å². The van der Waals surface area contributed by atoms with Crippen LogP contribution in [-0.2, 0) is 4.43 Å². The standard InChI is InChI=1S/C8H8BIO2/c9-6-2-1-5(4-10)7(3-6)8(11)12/h1-3H,4,9H2,(H,11,12). The van der Waals surface area contributed by atoms with Gasteiger partial charge in [-0.05, 0) is 5.56 Å². The van der Waals surface area contributed by atoms with Crippen molar-refractivity contribution in [3.05, 3.63) is 29.3 Å². The molecule has 0 bridgehead atoms. The van der Waals surface area contributed by atoms with E-state index in [0.29, 0.717) is 5.56 Å². The van der Waals surface area contributed by atoms with Crippen LogP contribution in [0.1, 0.15) is 15.9 Å². The molecule has 0 aliphatic heterocycles. The Morgan fingerprint density at radius 3 is 2.75 bits per heavy atom. The monoisotopic (exact) mass is 274 g/mol. The molecule has 1 aromatic carbocycles. The van der Waals surface area contributed by atoms with Gasteiger partial charge in [0.15, 0.2) is 0 Å². The van der Waals surface area contributed by atoms with Crippen LogP contribution in [0.15, 0.2) is 18.2 Å². The summed E-state index contributed by atoms with van der Waals surface area (Å²) in [7, 11) is 1.89. The largest absolute Gasteiger partial charge is 0.478 e. The Bertz CT molecular complexity index is 312. The third-order valence-electron chi connectivity index (χ3n) is 1.64. The van der Waals surface area contributed by atoms with Crippen LogP contribution >= 0.6 is 22.6 Å². The Kier molecular flexibility index (Phi) is 3.14. The topological polar surface area (TPSA) is 37.3 Å². The van der Waals surface area contributed by atoms with Gasteiger partial charge in [0, 0.05) is 4.43 Å². The Morgan fingerprint density at radius 1 is 1.58 bits per heavy atom. The fourth-order valence-corrected chi connectivity index (χ4v) is 1.67. The Labute approximate surface area is 85.5 Å². The molecule has 0 unspecified atom stereocenters. The smallest absolute Gasteiger partial charge is 0.335 e. The molecule has 12 heavy (non-hydrogen) atoms. The lowest BCUT2D eigenvalue weighted by molar-refractivity contribution is 0.0696. The van der Waals surface area contributed by atoms with Gasteiger partial charge in [-0.25, -0.2) is 4.79 Å². The van der Waals surface area contributed by atoms with Crippen LogP contribution in [0.4, 0.5) is 0 Å². The average molecular weight is 274 g/mol. The van der Waals surface area contributed by atoms with Crippen molar-refractivity contribution in [2.75, 3.05) is 0 Å². The van der Waals surface area contributed by atoms with Gasteiger partial charge < -0.3 is 5.11 Å². The lowest BCUT2D eigenvalue weighted by Gasteiger charge is -2.02. The van der Waals surface area contributed by atoms with Crippen LogP contribution in [-0.4, -0.2) is 18.9 Å². The van der Waals surface area contributed by atoms with Crippen molar-refractivity contribution in [2.24, 2.45) is 0 Å². The zero-order valence-corrected chi connectivity index (χ0v) is 8.83. The van der Waals surface area contributed by atoms with Crippen molar-refractivity contribution < 1.29 is 9.90 Å². The maximum Gasteiger partial charge on any atom is 0.335 e. The van der Waals surface area contributed by atoms with Gasteiger partial charge in [0.25, 0.3) is 0 Å². The molecule has 0 spiro atoms. The molecule has 1 aromatic rings. The van der Waals surface area contributed by atoms with Gasteiger partial charge in [0.05, 0.1) is 5.56 Å². The van der Waals surface area contributed by atoms with E-state index in [0.717, 1.165) is 15.5 Å². The highest BCUT2D eigenvalue weighted by atomic mass is 127. The number of hydrogen-bond acceptors (Lipinski definition) is 1. The summed E-state index contributed by atoms with van der Waals surface area (Å²) in [5.41, 5.74) is 2.29. The van der Waals surface area contributed by atoms with Crippen LogP contribution in [0.5, 0.6) is 0 Å². The van der Waals surface area contributed by atoms with E-state index in [4.69, 9.17) is 5.11 Å². The van der Waals surface area contributed by atoms with E-state index < -0.39 is 5.97 Å². The van der Waals surface area contributed by atoms with Crippen molar-refractivity contribution in [3.63, 3.8) is 0 Å². The molecule has 0 heterocycles. The number of aromatic carboxylic acids is 1. The summed E-state index contributed by atoms with van der Waals surface area (Å²) >= 11 is 2.16. The number of rotatable bonds is 2. The second kappa shape index (κ2) is 3.93. The van der Waals surface area contributed by atoms with Crippen LogP contribution in [0.25, 0.3) is 0 Å². The zero-order valence-electron chi connectivity index (χ0n) is 6.67. The number of hydrogen-bond donors (Lipinski definition) is 1. The minimum atomic E-state index is -0.842. The summed E-state index contributed by atoms with van der Waals surface area (Å²) in [6, 6.07) is 5.50. The van der Waals surface area contributed by atoms with Gasteiger partial charge in [-0.15, -0.1) is 0 Å². The lowest BCUT2D eigenvalue weighted by atomic mass is 9.92. The molecule has 0 aromatic heterocycles. The average Bonchev–Trinajstić information content (AvgIpc) is 2.04. The van der Waals surface area contributed by atoms with Crippen molar-refractivity contribution in [1.29, 1.82) is 0 Å². The highest BCUT2D eigenvalue weighted by molar-refractivity contribution is 14.1. The Hall–Kier alpha value is -0.515. The van der Waals surface area contributed by atoms with E-state index in [1.165, 1.54) is 0 Å². The van der Waals surface area contributed by atoms with E-state index in [-0.39, 0.29) is 0 Å². The fraction of sp³-hybridized carbons (Fsp3) is 0.125. The highest BCUT2D eigenvalue weighted by Crippen LogP contribution is 2.11. The van der Waals surface area contributed by atoms with Gasteiger partial charge in [-0.2, -0.15) is 0 Å². The number of alkyl halides is 1. The third kappa shape index (κ3) is 2.00. The maximum absolute atomic E-state index is 10.7. The van der Waals surface area contributed by atoms with Gasteiger partial charge >= 0.3 is 5.97 Å². The number of carboxylic acid groups (broad SMARTS) is 1. The summed E-state index contributed by atoms with van der Waals surface area (Å²) in [6.07, 6.45) is 0. The molecule has 62 valence electrons. The number of halogens is 1. The first-order valence-electron chi connectivity index (χ1n) is 3.54. The minimum Gasteiger partial charge on any atom is -0.478 e. The Morgan fingerprint density at radius 2 is 2.25 bits per heavy atom. The SMILES string of the molecule is Bc1ccc(CI)c(C(=O)O)c1. The minimum absolute atomic E-state index is 0.421. The normalized spacial score (nSPS) is 9.75. The summed E-state index contributed by atoms with van der Waals surface area (Å²) < 4.78 is 0.736. The van der Waals surface area contributed by atoms with Gasteiger partial charge in [0.2, 0.25) is 0 Å². The molecule has 0 aliphatic carbocycles. The molecular weight excluding hydrogens is 266 g/mol. The molecular formula is C8H8BIO2. The van der Waals surface area contributed by atoms with E-state index in [9.17, 15) is 4.79 Å². The summed E-state index contributed by atoms with van der Waals surface area (Å²) in [5, 5.41) is 8.82. The molecule has 0 aliphatic rings.